The summed E-state index contributed by atoms with van der Waals surface area (Å²) >= 11 is 3.48. The molecule has 3 atom stereocenters. The van der Waals surface area contributed by atoms with Gasteiger partial charge < -0.3 is 5.32 Å². The molecule has 1 aromatic heterocycles. The minimum Gasteiger partial charge on any atom is -0.370 e. The number of aromatic nitrogens is 1. The van der Waals surface area contributed by atoms with E-state index in [2.05, 4.69) is 38.4 Å². The number of halogens is 1. The predicted octanol–water partition coefficient (Wildman–Crippen LogP) is 4.00. The second kappa shape index (κ2) is 4.60. The molecule has 1 heterocycles. The van der Waals surface area contributed by atoms with Crippen molar-refractivity contribution in [3.63, 3.8) is 0 Å². The normalized spacial score (nSPS) is 30.8. The Hall–Kier alpha value is -0.570. The van der Waals surface area contributed by atoms with E-state index in [9.17, 15) is 0 Å². The molecular formula is C14H19BrN2. The van der Waals surface area contributed by atoms with Gasteiger partial charge in [-0.3, -0.25) is 0 Å². The Balaban J connectivity index is 1.59. The second-order valence-corrected chi connectivity index (χ2v) is 6.43. The zero-order chi connectivity index (χ0) is 11.8. The average molecular weight is 295 g/mol. The van der Waals surface area contributed by atoms with Gasteiger partial charge in [0.2, 0.25) is 0 Å². The summed E-state index contributed by atoms with van der Waals surface area (Å²) in [6.45, 7) is 3.14. The number of hydrogen-bond acceptors (Lipinski definition) is 2. The number of fused-ring (bicyclic) bond motifs is 2. The van der Waals surface area contributed by atoms with Gasteiger partial charge in [0.05, 0.1) is 5.69 Å². The quantitative estimate of drug-likeness (QED) is 0.911. The number of hydrogen-bond donors (Lipinski definition) is 1. The molecule has 0 saturated heterocycles. The average Bonchev–Trinajstić information content (AvgIpc) is 2.92. The monoisotopic (exact) mass is 294 g/mol. The molecule has 2 nitrogen and oxygen atoms in total. The summed E-state index contributed by atoms with van der Waals surface area (Å²) in [5.74, 6) is 3.93. The maximum Gasteiger partial charge on any atom is 0.126 e. The highest BCUT2D eigenvalue weighted by atomic mass is 79.9. The number of aryl methyl sites for hydroxylation is 1. The molecule has 3 unspecified atom stereocenters. The molecule has 1 aromatic rings. The molecule has 2 saturated carbocycles. The van der Waals surface area contributed by atoms with Crippen LogP contribution < -0.4 is 5.32 Å². The molecule has 3 rings (SSSR count). The first-order chi connectivity index (χ1) is 8.22. The summed E-state index contributed by atoms with van der Waals surface area (Å²) in [5, 5.41) is 3.51. The molecule has 92 valence electrons. The van der Waals surface area contributed by atoms with Crippen LogP contribution in [0.15, 0.2) is 16.6 Å². The lowest BCUT2D eigenvalue weighted by molar-refractivity contribution is 0.348. The highest BCUT2D eigenvalue weighted by Gasteiger charge is 2.38. The fourth-order valence-corrected chi connectivity index (χ4v) is 3.73. The lowest BCUT2D eigenvalue weighted by Gasteiger charge is -2.22. The lowest BCUT2D eigenvalue weighted by atomic mass is 9.89. The fourth-order valence-electron chi connectivity index (χ4n) is 3.50. The van der Waals surface area contributed by atoms with Gasteiger partial charge in [-0.1, -0.05) is 6.42 Å². The minimum absolute atomic E-state index is 0.888. The lowest BCUT2D eigenvalue weighted by Crippen LogP contribution is -2.20. The van der Waals surface area contributed by atoms with Crippen LogP contribution in [0.4, 0.5) is 5.82 Å². The van der Waals surface area contributed by atoms with Crippen molar-refractivity contribution in [3.05, 3.63) is 22.3 Å². The Morgan fingerprint density at radius 3 is 2.88 bits per heavy atom. The number of nitrogens with one attached hydrogen (secondary N) is 1. The number of pyridine rings is 1. The van der Waals surface area contributed by atoms with E-state index in [1.807, 2.05) is 6.92 Å². The topological polar surface area (TPSA) is 24.9 Å². The molecule has 0 spiro atoms. The number of nitrogens with zero attached hydrogens (tertiary/aromatic N) is 1. The van der Waals surface area contributed by atoms with E-state index in [-0.39, 0.29) is 0 Å². The molecule has 2 bridgehead atoms. The van der Waals surface area contributed by atoms with Gasteiger partial charge in [0, 0.05) is 11.0 Å². The van der Waals surface area contributed by atoms with Crippen LogP contribution in [-0.4, -0.2) is 11.5 Å². The van der Waals surface area contributed by atoms with Crippen molar-refractivity contribution in [3.8, 4) is 0 Å². The van der Waals surface area contributed by atoms with E-state index < -0.39 is 0 Å². The molecular weight excluding hydrogens is 276 g/mol. The summed E-state index contributed by atoms with van der Waals surface area (Å²) in [7, 11) is 0. The van der Waals surface area contributed by atoms with Crippen molar-refractivity contribution >= 4 is 21.7 Å². The largest absolute Gasteiger partial charge is 0.370 e. The highest BCUT2D eigenvalue weighted by Crippen LogP contribution is 2.48. The van der Waals surface area contributed by atoms with Gasteiger partial charge in [0.25, 0.3) is 0 Å². The van der Waals surface area contributed by atoms with Crippen molar-refractivity contribution in [2.24, 2.45) is 17.8 Å². The highest BCUT2D eigenvalue weighted by molar-refractivity contribution is 9.10. The Morgan fingerprint density at radius 2 is 2.24 bits per heavy atom. The molecule has 17 heavy (non-hydrogen) atoms. The van der Waals surface area contributed by atoms with Crippen LogP contribution in [-0.2, 0) is 0 Å². The zero-order valence-electron chi connectivity index (χ0n) is 10.2. The third-order valence-corrected chi connectivity index (χ3v) is 5.29. The summed E-state index contributed by atoms with van der Waals surface area (Å²) < 4.78 is 1.09. The SMILES string of the molecule is Cc1nc(NCC2CC3CCC2C3)ccc1Br. The number of rotatable bonds is 3. The van der Waals surface area contributed by atoms with Crippen molar-refractivity contribution in [2.75, 3.05) is 11.9 Å². The van der Waals surface area contributed by atoms with E-state index in [4.69, 9.17) is 0 Å². The van der Waals surface area contributed by atoms with Gasteiger partial charge in [-0.25, -0.2) is 4.98 Å². The predicted molar refractivity (Wildman–Crippen MR) is 74.1 cm³/mol. The van der Waals surface area contributed by atoms with Crippen molar-refractivity contribution in [2.45, 2.75) is 32.6 Å². The molecule has 0 radical (unpaired) electrons. The van der Waals surface area contributed by atoms with Gasteiger partial charge in [0.15, 0.2) is 0 Å². The van der Waals surface area contributed by atoms with E-state index in [1.165, 1.54) is 25.7 Å². The standard InChI is InChI=1S/C14H19BrN2/c1-9-13(15)4-5-14(17-9)16-8-12-7-10-2-3-11(12)6-10/h4-5,10-12H,2-3,6-8H2,1H3,(H,16,17). The van der Waals surface area contributed by atoms with Crippen LogP contribution in [0.2, 0.25) is 0 Å². The summed E-state index contributed by atoms with van der Waals surface area (Å²) in [4.78, 5) is 4.54. The van der Waals surface area contributed by atoms with E-state index in [0.717, 1.165) is 40.3 Å². The van der Waals surface area contributed by atoms with Crippen LogP contribution in [0.25, 0.3) is 0 Å². The molecule has 3 heteroatoms. The zero-order valence-corrected chi connectivity index (χ0v) is 11.8. The van der Waals surface area contributed by atoms with E-state index >= 15 is 0 Å². The summed E-state index contributed by atoms with van der Waals surface area (Å²) in [5.41, 5.74) is 1.06. The smallest absolute Gasteiger partial charge is 0.126 e. The Bertz CT molecular complexity index is 419. The van der Waals surface area contributed by atoms with Crippen LogP contribution in [0.3, 0.4) is 0 Å². The summed E-state index contributed by atoms with van der Waals surface area (Å²) in [6, 6.07) is 4.13. The Labute approximate surface area is 111 Å². The first kappa shape index (κ1) is 11.5. The molecule has 2 aliphatic rings. The maximum absolute atomic E-state index is 4.54. The van der Waals surface area contributed by atoms with Gasteiger partial charge in [-0.2, -0.15) is 0 Å². The van der Waals surface area contributed by atoms with Crippen LogP contribution in [0.1, 0.15) is 31.4 Å². The first-order valence-corrected chi connectivity index (χ1v) is 7.38. The van der Waals surface area contributed by atoms with Crippen molar-refractivity contribution in [1.82, 2.24) is 4.98 Å². The molecule has 2 fully saturated rings. The number of anilines is 1. The van der Waals surface area contributed by atoms with Crippen LogP contribution in [0.5, 0.6) is 0 Å². The maximum atomic E-state index is 4.54. The van der Waals surface area contributed by atoms with Crippen molar-refractivity contribution in [1.29, 1.82) is 0 Å². The Morgan fingerprint density at radius 1 is 1.35 bits per heavy atom. The Kier molecular flexibility index (Phi) is 3.12. The third kappa shape index (κ3) is 2.35. The molecule has 0 aromatic carbocycles. The molecule has 2 aliphatic carbocycles. The summed E-state index contributed by atoms with van der Waals surface area (Å²) in [6.07, 6.45) is 5.87. The van der Waals surface area contributed by atoms with E-state index in [1.54, 1.807) is 0 Å². The van der Waals surface area contributed by atoms with Crippen LogP contribution in [0, 0.1) is 24.7 Å². The molecule has 1 N–H and O–H groups in total. The fraction of sp³-hybridized carbons (Fsp3) is 0.643. The third-order valence-electron chi connectivity index (χ3n) is 4.45. The minimum atomic E-state index is 0.888. The molecule has 0 amide bonds. The van der Waals surface area contributed by atoms with E-state index in [0.29, 0.717) is 0 Å². The van der Waals surface area contributed by atoms with Gasteiger partial charge in [-0.05, 0) is 72.0 Å². The van der Waals surface area contributed by atoms with Crippen LogP contribution >= 0.6 is 15.9 Å². The van der Waals surface area contributed by atoms with Gasteiger partial charge in [-0.15, -0.1) is 0 Å². The first-order valence-electron chi connectivity index (χ1n) is 6.59. The van der Waals surface area contributed by atoms with Gasteiger partial charge in [0.1, 0.15) is 5.82 Å². The van der Waals surface area contributed by atoms with Gasteiger partial charge >= 0.3 is 0 Å². The molecule has 0 aliphatic heterocycles. The van der Waals surface area contributed by atoms with Crippen molar-refractivity contribution < 1.29 is 0 Å². The second-order valence-electron chi connectivity index (χ2n) is 5.58.